The molecule has 0 unspecified atom stereocenters. The molecule has 0 saturated carbocycles. The van der Waals surface area contributed by atoms with Crippen LogP contribution in [0.3, 0.4) is 0 Å². The van der Waals surface area contributed by atoms with Crippen molar-refractivity contribution in [2.75, 3.05) is 6.61 Å². The largest absolute Gasteiger partial charge is 0.395 e. The number of halogens is 1. The van der Waals surface area contributed by atoms with Gasteiger partial charge in [0.1, 0.15) is 0 Å². The van der Waals surface area contributed by atoms with E-state index in [2.05, 4.69) is 61.2 Å². The maximum Gasteiger partial charge on any atom is 0.287 e. The average molecular weight is 474 g/mol. The van der Waals surface area contributed by atoms with E-state index in [0.717, 1.165) is 27.4 Å². The maximum atomic E-state index is 13.1. The Kier molecular flexibility index (Phi) is 3.99. The highest BCUT2D eigenvalue weighted by molar-refractivity contribution is 9.10. The van der Waals surface area contributed by atoms with Gasteiger partial charge in [-0.15, -0.1) is 0 Å². The van der Waals surface area contributed by atoms with Crippen LogP contribution in [0.2, 0.25) is 0 Å². The number of hydrogen-bond donors (Lipinski definition) is 2. The van der Waals surface area contributed by atoms with Crippen molar-refractivity contribution in [2.24, 2.45) is 0 Å². The summed E-state index contributed by atoms with van der Waals surface area (Å²) in [6.45, 7) is 0.215. The third-order valence-corrected chi connectivity index (χ3v) is 6.25. The number of aromatic nitrogens is 5. The van der Waals surface area contributed by atoms with E-state index in [1.54, 1.807) is 10.8 Å². The molecule has 7 nitrogen and oxygen atoms in total. The zero-order valence-electron chi connectivity index (χ0n) is 16.2. The summed E-state index contributed by atoms with van der Waals surface area (Å²) in [6.07, 6.45) is 1.78. The van der Waals surface area contributed by atoms with Gasteiger partial charge in [-0.1, -0.05) is 48.5 Å². The van der Waals surface area contributed by atoms with E-state index in [1.165, 1.54) is 9.79 Å². The van der Waals surface area contributed by atoms with Gasteiger partial charge in [0.2, 0.25) is 5.78 Å². The van der Waals surface area contributed by atoms with Crippen molar-refractivity contribution >= 4 is 54.4 Å². The fourth-order valence-electron chi connectivity index (χ4n) is 4.24. The average Bonchev–Trinajstić information content (AvgIpc) is 3.36. The second-order valence-electron chi connectivity index (χ2n) is 7.40. The topological polar surface area (TPSA) is 88.2 Å². The van der Waals surface area contributed by atoms with E-state index in [0.29, 0.717) is 22.7 Å². The minimum absolute atomic E-state index is 0.0792. The molecule has 0 aliphatic heterocycles. The predicted molar refractivity (Wildman–Crippen MR) is 124 cm³/mol. The Morgan fingerprint density at radius 2 is 1.74 bits per heavy atom. The highest BCUT2D eigenvalue weighted by atomic mass is 79.9. The maximum absolute atomic E-state index is 13.1. The zero-order chi connectivity index (χ0) is 21.1. The molecular formula is C23H16BrN5O2. The summed E-state index contributed by atoms with van der Waals surface area (Å²) in [4.78, 5) is 25.4. The molecule has 152 valence electrons. The Labute approximate surface area is 183 Å². The Hall–Kier alpha value is -3.49. The highest BCUT2D eigenvalue weighted by Crippen LogP contribution is 2.34. The first kappa shape index (κ1) is 18.3. The van der Waals surface area contributed by atoms with Crippen LogP contribution in [0, 0.1) is 0 Å². The van der Waals surface area contributed by atoms with Gasteiger partial charge in [-0.3, -0.25) is 4.79 Å². The van der Waals surface area contributed by atoms with E-state index >= 15 is 0 Å². The summed E-state index contributed by atoms with van der Waals surface area (Å²) in [6, 6.07) is 18.7. The van der Waals surface area contributed by atoms with Gasteiger partial charge >= 0.3 is 0 Å². The second kappa shape index (κ2) is 6.76. The van der Waals surface area contributed by atoms with Crippen LogP contribution in [0.15, 0.2) is 70.3 Å². The van der Waals surface area contributed by atoms with Gasteiger partial charge < -0.3 is 14.7 Å². The molecule has 0 amide bonds. The second-order valence-corrected chi connectivity index (χ2v) is 8.11. The van der Waals surface area contributed by atoms with E-state index in [4.69, 9.17) is 0 Å². The monoisotopic (exact) mass is 473 g/mol. The van der Waals surface area contributed by atoms with Crippen LogP contribution >= 0.6 is 15.9 Å². The van der Waals surface area contributed by atoms with Crippen LogP contribution in [-0.4, -0.2) is 35.6 Å². The summed E-state index contributed by atoms with van der Waals surface area (Å²) in [5.41, 5.74) is 2.22. The van der Waals surface area contributed by atoms with Gasteiger partial charge in [0.25, 0.3) is 5.56 Å². The molecule has 3 aromatic heterocycles. The van der Waals surface area contributed by atoms with Crippen LogP contribution in [0.1, 0.15) is 0 Å². The summed E-state index contributed by atoms with van der Waals surface area (Å²) in [7, 11) is 0. The van der Waals surface area contributed by atoms with Crippen LogP contribution in [0.25, 0.3) is 49.7 Å². The minimum atomic E-state index is -0.259. The molecule has 2 N–H and O–H groups in total. The molecule has 0 fully saturated rings. The first-order valence-corrected chi connectivity index (χ1v) is 10.6. The lowest BCUT2D eigenvalue weighted by Gasteiger charge is -2.09. The third-order valence-electron chi connectivity index (χ3n) is 5.64. The predicted octanol–water partition coefficient (Wildman–Crippen LogP) is 4.10. The number of fused-ring (bicyclic) bond motifs is 5. The number of rotatable bonds is 3. The standard InChI is InChI=1S/C23H16BrN5O2/c24-22-26-19-20(28(22)9-10-30)27-23-25-18(12-29(23)21(19)31)17-11-13-5-1-2-6-14(13)15-7-3-4-8-16(15)17/h1-8,11-12,30H,9-10H2,(H,25,27). The lowest BCUT2D eigenvalue weighted by atomic mass is 9.96. The molecule has 0 bridgehead atoms. The highest BCUT2D eigenvalue weighted by Gasteiger charge is 2.18. The quantitative estimate of drug-likeness (QED) is 0.299. The van der Waals surface area contributed by atoms with Crippen molar-refractivity contribution in [3.8, 4) is 11.3 Å². The molecule has 0 radical (unpaired) electrons. The molecular weight excluding hydrogens is 458 g/mol. The van der Waals surface area contributed by atoms with Gasteiger partial charge in [-0.25, -0.2) is 9.38 Å². The van der Waals surface area contributed by atoms with Crippen LogP contribution in [-0.2, 0) is 6.54 Å². The lowest BCUT2D eigenvalue weighted by Crippen LogP contribution is -2.14. The Morgan fingerprint density at radius 3 is 2.55 bits per heavy atom. The first-order valence-electron chi connectivity index (χ1n) is 9.84. The van der Waals surface area contributed by atoms with Crippen molar-refractivity contribution in [2.45, 2.75) is 6.54 Å². The number of aromatic amines is 1. The Bertz CT molecular complexity index is 1700. The van der Waals surface area contributed by atoms with Gasteiger partial charge in [-0.05, 0) is 43.5 Å². The van der Waals surface area contributed by atoms with Crippen molar-refractivity contribution in [1.29, 1.82) is 0 Å². The molecule has 31 heavy (non-hydrogen) atoms. The zero-order valence-corrected chi connectivity index (χ0v) is 17.8. The number of aliphatic hydroxyl groups excluding tert-OH is 1. The fraction of sp³-hybridized carbons (Fsp3) is 0.0870. The van der Waals surface area contributed by atoms with E-state index in [9.17, 15) is 9.90 Å². The molecule has 6 rings (SSSR count). The number of H-pyrrole nitrogens is 1. The smallest absolute Gasteiger partial charge is 0.287 e. The number of benzene rings is 3. The normalized spacial score (nSPS) is 11.9. The SMILES string of the molecule is O=c1c2nc(Br)n(CCO)c2nc2[nH]c(-c3cc4ccccc4c4ccccc34)cn12. The molecule has 0 aliphatic carbocycles. The van der Waals surface area contributed by atoms with E-state index in [1.807, 2.05) is 24.3 Å². The van der Waals surface area contributed by atoms with Crippen molar-refractivity contribution in [3.63, 3.8) is 0 Å². The van der Waals surface area contributed by atoms with Crippen LogP contribution in [0.4, 0.5) is 0 Å². The first-order chi connectivity index (χ1) is 15.2. The number of imidazole rings is 2. The number of aliphatic hydroxyl groups is 1. The molecule has 0 spiro atoms. The molecule has 6 aromatic rings. The summed E-state index contributed by atoms with van der Waals surface area (Å²) in [5.74, 6) is 0.427. The molecule has 3 aromatic carbocycles. The third kappa shape index (κ3) is 2.65. The van der Waals surface area contributed by atoms with Gasteiger partial charge in [0.05, 0.1) is 12.3 Å². The summed E-state index contributed by atoms with van der Waals surface area (Å²) < 4.78 is 3.64. The number of hydrogen-bond acceptors (Lipinski definition) is 4. The van der Waals surface area contributed by atoms with Gasteiger partial charge in [0, 0.05) is 18.3 Å². The van der Waals surface area contributed by atoms with Crippen molar-refractivity contribution in [1.82, 2.24) is 23.9 Å². The van der Waals surface area contributed by atoms with Crippen LogP contribution in [0.5, 0.6) is 0 Å². The number of nitrogens with zero attached hydrogens (tertiary/aromatic N) is 4. The van der Waals surface area contributed by atoms with Crippen LogP contribution < -0.4 is 5.56 Å². The van der Waals surface area contributed by atoms with E-state index in [-0.39, 0.29) is 17.7 Å². The van der Waals surface area contributed by atoms with Gasteiger partial charge in [0.15, 0.2) is 15.9 Å². The van der Waals surface area contributed by atoms with Crippen molar-refractivity contribution < 1.29 is 5.11 Å². The van der Waals surface area contributed by atoms with E-state index < -0.39 is 0 Å². The lowest BCUT2D eigenvalue weighted by molar-refractivity contribution is 0.276. The number of nitrogens with one attached hydrogen (secondary N) is 1. The van der Waals surface area contributed by atoms with Crippen molar-refractivity contribution in [3.05, 3.63) is 75.9 Å². The summed E-state index contributed by atoms with van der Waals surface area (Å²) in [5, 5.41) is 13.9. The Morgan fingerprint density at radius 1 is 1.00 bits per heavy atom. The summed E-state index contributed by atoms with van der Waals surface area (Å²) >= 11 is 3.35. The molecule has 0 atom stereocenters. The molecule has 0 aliphatic rings. The molecule has 0 saturated heterocycles. The Balaban J connectivity index is 1.67. The fourth-order valence-corrected chi connectivity index (χ4v) is 4.76. The minimum Gasteiger partial charge on any atom is -0.395 e. The van der Waals surface area contributed by atoms with Gasteiger partial charge in [-0.2, -0.15) is 4.98 Å². The molecule has 3 heterocycles. The molecule has 8 heteroatoms.